The number of hydrogen-bond donors (Lipinski definition) is 1. The lowest BCUT2D eigenvalue weighted by molar-refractivity contribution is -0.0734. The lowest BCUT2D eigenvalue weighted by Gasteiger charge is -2.22. The zero-order valence-corrected chi connectivity index (χ0v) is 15.3. The van der Waals surface area contributed by atoms with Crippen LogP contribution in [0.1, 0.15) is 24.2 Å². The Morgan fingerprint density at radius 3 is 2.48 bits per heavy atom. The molecule has 4 nitrogen and oxygen atoms in total. The fraction of sp³-hybridized carbons (Fsp3) is 0.200. The molecule has 0 saturated heterocycles. The van der Waals surface area contributed by atoms with E-state index in [4.69, 9.17) is 16.3 Å². The number of carboxylic acids is 1. The predicted octanol–water partition coefficient (Wildman–Crippen LogP) is 5.68. The van der Waals surface area contributed by atoms with Crippen LogP contribution in [0, 0.1) is 0 Å². The molecule has 0 amide bonds. The van der Waals surface area contributed by atoms with Crippen molar-refractivity contribution >= 4 is 28.5 Å². The molecule has 2 aromatic carbocycles. The van der Waals surface area contributed by atoms with Gasteiger partial charge in [0.15, 0.2) is 6.10 Å². The molecule has 1 heterocycles. The Morgan fingerprint density at radius 2 is 1.89 bits per heavy atom. The lowest BCUT2D eigenvalue weighted by atomic mass is 9.96. The molecule has 27 heavy (non-hydrogen) atoms. The minimum absolute atomic E-state index is 0.285. The normalized spacial score (nSPS) is 12.8. The first-order valence-corrected chi connectivity index (χ1v) is 8.52. The fourth-order valence-corrected chi connectivity index (χ4v) is 2.84. The largest absolute Gasteiger partial charge is 0.477 e. The third kappa shape index (κ3) is 3.85. The molecule has 1 N–H and O–H groups in total. The molecule has 0 aliphatic rings. The van der Waals surface area contributed by atoms with Crippen molar-refractivity contribution in [1.29, 1.82) is 0 Å². The summed E-state index contributed by atoms with van der Waals surface area (Å²) in [6, 6.07) is 13.5. The van der Waals surface area contributed by atoms with Crippen LogP contribution in [0.4, 0.5) is 8.78 Å². The van der Waals surface area contributed by atoms with E-state index in [2.05, 4.69) is 4.98 Å². The van der Waals surface area contributed by atoms with Crippen molar-refractivity contribution in [1.82, 2.24) is 4.98 Å². The number of nitrogens with zero attached hydrogens (tertiary/aromatic N) is 1. The van der Waals surface area contributed by atoms with E-state index < -0.39 is 18.0 Å². The Labute approximate surface area is 159 Å². The third-order valence-electron chi connectivity index (χ3n) is 4.19. The number of benzene rings is 2. The van der Waals surface area contributed by atoms with Crippen molar-refractivity contribution in [3.63, 3.8) is 0 Å². The Bertz CT molecular complexity index is 1000. The number of ether oxygens (including phenoxy) is 1. The average Bonchev–Trinajstić information content (AvgIpc) is 2.60. The predicted molar refractivity (Wildman–Crippen MR) is 99.9 cm³/mol. The van der Waals surface area contributed by atoms with Crippen LogP contribution in [0.5, 0.6) is 5.88 Å². The first-order chi connectivity index (χ1) is 12.7. The molecular formula is C20H16ClF2NO3. The average molecular weight is 392 g/mol. The van der Waals surface area contributed by atoms with Crippen molar-refractivity contribution in [3.05, 3.63) is 59.1 Å². The summed E-state index contributed by atoms with van der Waals surface area (Å²) in [4.78, 5) is 16.2. The van der Waals surface area contributed by atoms with Crippen molar-refractivity contribution in [2.75, 3.05) is 0 Å². The number of carboxylic acid groups (broad SMARTS) is 1. The van der Waals surface area contributed by atoms with Gasteiger partial charge in [-0.3, -0.25) is 0 Å². The molecule has 1 atom stereocenters. The van der Waals surface area contributed by atoms with Gasteiger partial charge in [0.2, 0.25) is 5.88 Å². The summed E-state index contributed by atoms with van der Waals surface area (Å²) < 4.78 is 32.5. The molecule has 1 aromatic heterocycles. The summed E-state index contributed by atoms with van der Waals surface area (Å²) in [6.45, 7) is 1.87. The van der Waals surface area contributed by atoms with E-state index in [9.17, 15) is 18.7 Å². The van der Waals surface area contributed by atoms with Crippen LogP contribution in [0.25, 0.3) is 22.0 Å². The highest BCUT2D eigenvalue weighted by Gasteiger charge is 2.34. The summed E-state index contributed by atoms with van der Waals surface area (Å²) in [5.74, 6) is -4.85. The first kappa shape index (κ1) is 19.0. The summed E-state index contributed by atoms with van der Waals surface area (Å²) in [6.07, 6.45) is -1.56. The second-order valence-electron chi connectivity index (χ2n) is 6.22. The molecule has 0 saturated carbocycles. The number of hydrogen-bond acceptors (Lipinski definition) is 3. The minimum Gasteiger partial charge on any atom is -0.477 e. The summed E-state index contributed by atoms with van der Waals surface area (Å²) in [5.41, 5.74) is 1.01. The van der Waals surface area contributed by atoms with Gasteiger partial charge in [0.05, 0.1) is 5.52 Å². The summed E-state index contributed by atoms with van der Waals surface area (Å²) in [7, 11) is 0. The maximum atomic E-state index is 13.6. The number of aromatic nitrogens is 1. The van der Waals surface area contributed by atoms with E-state index in [-0.39, 0.29) is 11.4 Å². The highest BCUT2D eigenvalue weighted by molar-refractivity contribution is 6.31. The van der Waals surface area contributed by atoms with Gasteiger partial charge in [-0.05, 0) is 30.7 Å². The second-order valence-corrected chi connectivity index (χ2v) is 6.65. The molecule has 0 aliphatic heterocycles. The number of halogens is 3. The number of alkyl halides is 2. The van der Waals surface area contributed by atoms with Gasteiger partial charge in [-0.2, -0.15) is 0 Å². The quantitative estimate of drug-likeness (QED) is 0.608. The fourth-order valence-electron chi connectivity index (χ4n) is 2.67. The molecule has 3 rings (SSSR count). The Kier molecular flexibility index (Phi) is 5.02. The number of aromatic carboxylic acids is 1. The molecule has 140 valence electrons. The highest BCUT2D eigenvalue weighted by atomic mass is 35.5. The first-order valence-electron chi connectivity index (χ1n) is 8.15. The smallest absolute Gasteiger partial charge is 0.341 e. The minimum atomic E-state index is -3.17. The molecule has 0 radical (unpaired) electrons. The van der Waals surface area contributed by atoms with E-state index >= 15 is 0 Å². The SMILES string of the molecule is CC(Oc1nc2ccc(Cl)cc2c(-c2ccccc2)c1C(=O)O)C(C)(F)F. The van der Waals surface area contributed by atoms with E-state index in [0.717, 1.165) is 0 Å². The number of rotatable bonds is 5. The zero-order valence-electron chi connectivity index (χ0n) is 14.5. The van der Waals surface area contributed by atoms with E-state index in [1.807, 2.05) is 0 Å². The van der Waals surface area contributed by atoms with Gasteiger partial charge in [0, 0.05) is 22.9 Å². The van der Waals surface area contributed by atoms with Crippen molar-refractivity contribution in [3.8, 4) is 17.0 Å². The maximum absolute atomic E-state index is 13.6. The van der Waals surface area contributed by atoms with Gasteiger partial charge < -0.3 is 9.84 Å². The molecule has 0 bridgehead atoms. The highest BCUT2D eigenvalue weighted by Crippen LogP contribution is 2.38. The Morgan fingerprint density at radius 1 is 1.22 bits per heavy atom. The standard InChI is InChI=1S/C20H16ClF2NO3/c1-11(20(2,22)23)27-18-17(19(25)26)16(12-6-4-3-5-7-12)14-10-13(21)8-9-15(14)24-18/h3-11H,1-2H3,(H,25,26). The Hall–Kier alpha value is -2.73. The van der Waals surface area contributed by atoms with Gasteiger partial charge in [-0.1, -0.05) is 41.9 Å². The van der Waals surface area contributed by atoms with Crippen LogP contribution >= 0.6 is 11.6 Å². The van der Waals surface area contributed by atoms with E-state index in [0.29, 0.717) is 34.0 Å². The molecule has 1 unspecified atom stereocenters. The molecule has 7 heteroatoms. The van der Waals surface area contributed by atoms with Crippen molar-refractivity contribution in [2.24, 2.45) is 0 Å². The second kappa shape index (κ2) is 7.12. The van der Waals surface area contributed by atoms with E-state index in [1.54, 1.807) is 48.5 Å². The van der Waals surface area contributed by atoms with Gasteiger partial charge in [0.1, 0.15) is 5.56 Å². The van der Waals surface area contributed by atoms with Gasteiger partial charge >= 0.3 is 5.97 Å². The molecule has 0 fully saturated rings. The van der Waals surface area contributed by atoms with Crippen LogP contribution in [0.15, 0.2) is 48.5 Å². The third-order valence-corrected chi connectivity index (χ3v) is 4.43. The van der Waals surface area contributed by atoms with Crippen LogP contribution in [0.2, 0.25) is 5.02 Å². The molecule has 3 aromatic rings. The van der Waals surface area contributed by atoms with Crippen LogP contribution in [0.3, 0.4) is 0 Å². The zero-order chi connectivity index (χ0) is 19.8. The van der Waals surface area contributed by atoms with Crippen molar-refractivity contribution < 1.29 is 23.4 Å². The monoisotopic (exact) mass is 391 g/mol. The van der Waals surface area contributed by atoms with Gasteiger partial charge in [-0.15, -0.1) is 0 Å². The van der Waals surface area contributed by atoms with Crippen LogP contribution < -0.4 is 4.74 Å². The summed E-state index contributed by atoms with van der Waals surface area (Å²) >= 11 is 6.09. The molecule has 0 aliphatic carbocycles. The number of fused-ring (bicyclic) bond motifs is 1. The summed E-state index contributed by atoms with van der Waals surface area (Å²) in [5, 5.41) is 10.7. The lowest BCUT2D eigenvalue weighted by Crippen LogP contribution is -2.33. The Balaban J connectivity index is 2.36. The topological polar surface area (TPSA) is 59.4 Å². The van der Waals surface area contributed by atoms with Crippen molar-refractivity contribution in [2.45, 2.75) is 25.9 Å². The molecule has 0 spiro atoms. The molecular weight excluding hydrogens is 376 g/mol. The number of pyridine rings is 1. The number of carbonyl (C=O) groups is 1. The maximum Gasteiger partial charge on any atom is 0.341 e. The van der Waals surface area contributed by atoms with E-state index in [1.165, 1.54) is 6.92 Å². The van der Waals surface area contributed by atoms with Gasteiger partial charge in [-0.25, -0.2) is 18.6 Å². The van der Waals surface area contributed by atoms with Crippen LogP contribution in [-0.2, 0) is 0 Å². The van der Waals surface area contributed by atoms with Gasteiger partial charge in [0.25, 0.3) is 5.92 Å². The van der Waals surface area contributed by atoms with Crippen LogP contribution in [-0.4, -0.2) is 28.1 Å².